The van der Waals surface area contributed by atoms with Crippen LogP contribution < -0.4 is 9.47 Å². The van der Waals surface area contributed by atoms with Crippen LogP contribution >= 0.6 is 31.9 Å². The van der Waals surface area contributed by atoms with Crippen LogP contribution in [0.4, 0.5) is 0 Å². The van der Waals surface area contributed by atoms with E-state index in [9.17, 15) is 5.11 Å². The highest BCUT2D eigenvalue weighted by Crippen LogP contribution is 2.42. The summed E-state index contributed by atoms with van der Waals surface area (Å²) in [5, 5.41) is 10.4. The molecule has 1 aromatic heterocycles. The molecule has 0 saturated heterocycles. The molecule has 1 N–H and O–H groups in total. The van der Waals surface area contributed by atoms with Crippen LogP contribution in [0.2, 0.25) is 0 Å². The minimum absolute atomic E-state index is 0.426. The molecule has 2 rings (SSSR count). The van der Waals surface area contributed by atoms with Gasteiger partial charge in [-0.25, -0.2) is 0 Å². The number of methoxy groups -OCH3 is 2. The van der Waals surface area contributed by atoms with Crippen molar-refractivity contribution in [2.75, 3.05) is 14.2 Å². The Morgan fingerprint density at radius 3 is 2.42 bits per heavy atom. The van der Waals surface area contributed by atoms with E-state index in [1.165, 1.54) is 13.4 Å². The van der Waals surface area contributed by atoms with Crippen molar-refractivity contribution in [3.63, 3.8) is 0 Å². The van der Waals surface area contributed by atoms with Gasteiger partial charge in [-0.05, 0) is 50.1 Å². The molecule has 1 heterocycles. The summed E-state index contributed by atoms with van der Waals surface area (Å²) in [6.45, 7) is 0. The first kappa shape index (κ1) is 14.4. The second kappa shape index (κ2) is 5.98. The van der Waals surface area contributed by atoms with Gasteiger partial charge in [0.1, 0.15) is 22.1 Å². The maximum Gasteiger partial charge on any atom is 0.151 e. The van der Waals surface area contributed by atoms with E-state index in [0.717, 1.165) is 0 Å². The average Bonchev–Trinajstić information content (AvgIpc) is 2.83. The van der Waals surface area contributed by atoms with E-state index in [1.807, 2.05) is 0 Å². The van der Waals surface area contributed by atoms with E-state index in [-0.39, 0.29) is 0 Å². The topological polar surface area (TPSA) is 51.8 Å². The number of hydrogen-bond donors (Lipinski definition) is 1. The van der Waals surface area contributed by atoms with E-state index in [1.54, 1.807) is 25.3 Å². The highest BCUT2D eigenvalue weighted by Gasteiger charge is 2.23. The van der Waals surface area contributed by atoms with Gasteiger partial charge in [0.05, 0.1) is 25.0 Å². The number of halogens is 2. The number of ether oxygens (including phenoxy) is 2. The Balaban J connectivity index is 2.51. The molecule has 0 fully saturated rings. The lowest BCUT2D eigenvalue weighted by Crippen LogP contribution is -2.03. The first-order chi connectivity index (χ1) is 9.10. The zero-order valence-corrected chi connectivity index (χ0v) is 13.5. The first-order valence-electron chi connectivity index (χ1n) is 5.41. The molecular weight excluding hydrogens is 380 g/mol. The van der Waals surface area contributed by atoms with E-state index in [4.69, 9.17) is 13.9 Å². The van der Waals surface area contributed by atoms with E-state index in [0.29, 0.717) is 31.8 Å². The van der Waals surface area contributed by atoms with Crippen LogP contribution in [-0.4, -0.2) is 19.3 Å². The standard InChI is InChI=1S/C13H12Br2O4/c1-17-9-4-3-7(12(18-2)10(9)15)11(16)13-8(14)5-6-19-13/h3-6,11,16H,1-2H3. The van der Waals surface area contributed by atoms with Gasteiger partial charge in [-0.1, -0.05) is 0 Å². The minimum Gasteiger partial charge on any atom is -0.495 e. The SMILES string of the molecule is COc1ccc(C(O)c2occc2Br)c(OC)c1Br. The van der Waals surface area contributed by atoms with Gasteiger partial charge < -0.3 is 19.0 Å². The number of furan rings is 1. The summed E-state index contributed by atoms with van der Waals surface area (Å²) < 4.78 is 17.2. The fourth-order valence-corrected chi connectivity index (χ4v) is 2.88. The smallest absolute Gasteiger partial charge is 0.151 e. The summed E-state index contributed by atoms with van der Waals surface area (Å²) in [5.74, 6) is 1.57. The third-order valence-electron chi connectivity index (χ3n) is 2.70. The number of benzene rings is 1. The summed E-state index contributed by atoms with van der Waals surface area (Å²) in [5.41, 5.74) is 0.589. The summed E-state index contributed by atoms with van der Waals surface area (Å²) in [4.78, 5) is 0. The Morgan fingerprint density at radius 1 is 1.16 bits per heavy atom. The maximum atomic E-state index is 10.4. The summed E-state index contributed by atoms with van der Waals surface area (Å²) in [6, 6.07) is 5.22. The molecular formula is C13H12Br2O4. The van der Waals surface area contributed by atoms with E-state index in [2.05, 4.69) is 31.9 Å². The lowest BCUT2D eigenvalue weighted by molar-refractivity contribution is 0.183. The van der Waals surface area contributed by atoms with Crippen molar-refractivity contribution < 1.29 is 19.0 Å². The molecule has 0 aliphatic carbocycles. The van der Waals surface area contributed by atoms with E-state index < -0.39 is 6.10 Å². The number of rotatable bonds is 4. The van der Waals surface area contributed by atoms with Gasteiger partial charge in [0, 0.05) is 5.56 Å². The highest BCUT2D eigenvalue weighted by atomic mass is 79.9. The third-order valence-corrected chi connectivity index (χ3v) is 4.11. The molecule has 0 saturated carbocycles. The Morgan fingerprint density at radius 2 is 1.89 bits per heavy atom. The van der Waals surface area contributed by atoms with Crippen molar-refractivity contribution >= 4 is 31.9 Å². The van der Waals surface area contributed by atoms with Crippen molar-refractivity contribution in [2.24, 2.45) is 0 Å². The predicted octanol–water partition coefficient (Wildman–Crippen LogP) is 3.90. The lowest BCUT2D eigenvalue weighted by Gasteiger charge is -2.16. The minimum atomic E-state index is -0.929. The molecule has 0 aliphatic heterocycles. The van der Waals surface area contributed by atoms with Crippen LogP contribution in [0, 0.1) is 0 Å². The van der Waals surface area contributed by atoms with Gasteiger partial charge in [-0.3, -0.25) is 0 Å². The van der Waals surface area contributed by atoms with Crippen molar-refractivity contribution in [2.45, 2.75) is 6.10 Å². The zero-order valence-electron chi connectivity index (χ0n) is 10.3. The second-order valence-electron chi connectivity index (χ2n) is 3.74. The zero-order chi connectivity index (χ0) is 14.0. The molecule has 4 nitrogen and oxygen atoms in total. The Bertz CT molecular complexity index is 580. The molecule has 2 aromatic rings. The maximum absolute atomic E-state index is 10.4. The molecule has 0 aliphatic rings. The molecule has 1 aromatic carbocycles. The van der Waals surface area contributed by atoms with Gasteiger partial charge >= 0.3 is 0 Å². The van der Waals surface area contributed by atoms with E-state index >= 15 is 0 Å². The Hall–Kier alpha value is -0.980. The van der Waals surface area contributed by atoms with Gasteiger partial charge in [-0.2, -0.15) is 0 Å². The van der Waals surface area contributed by atoms with Crippen LogP contribution in [0.5, 0.6) is 11.5 Å². The normalized spacial score (nSPS) is 12.3. The Labute approximate surface area is 127 Å². The largest absolute Gasteiger partial charge is 0.495 e. The third kappa shape index (κ3) is 2.66. The van der Waals surface area contributed by atoms with Crippen LogP contribution in [0.3, 0.4) is 0 Å². The van der Waals surface area contributed by atoms with Crippen molar-refractivity contribution in [3.8, 4) is 11.5 Å². The molecule has 0 spiro atoms. The molecule has 0 bridgehead atoms. The lowest BCUT2D eigenvalue weighted by atomic mass is 10.1. The van der Waals surface area contributed by atoms with Crippen LogP contribution in [0.1, 0.15) is 17.4 Å². The highest BCUT2D eigenvalue weighted by molar-refractivity contribution is 9.11. The molecule has 19 heavy (non-hydrogen) atoms. The molecule has 0 radical (unpaired) electrons. The predicted molar refractivity (Wildman–Crippen MR) is 77.7 cm³/mol. The second-order valence-corrected chi connectivity index (χ2v) is 5.39. The number of aliphatic hydroxyl groups excluding tert-OH is 1. The van der Waals surface area contributed by atoms with Gasteiger partial charge in [0.15, 0.2) is 5.76 Å². The van der Waals surface area contributed by atoms with Crippen LogP contribution in [0.15, 0.2) is 37.8 Å². The van der Waals surface area contributed by atoms with Crippen LogP contribution in [0.25, 0.3) is 0 Å². The monoisotopic (exact) mass is 390 g/mol. The fraction of sp³-hybridized carbons (Fsp3) is 0.231. The fourth-order valence-electron chi connectivity index (χ4n) is 1.78. The van der Waals surface area contributed by atoms with Crippen molar-refractivity contribution in [1.82, 2.24) is 0 Å². The average molecular weight is 392 g/mol. The van der Waals surface area contributed by atoms with Crippen LogP contribution in [-0.2, 0) is 0 Å². The quantitative estimate of drug-likeness (QED) is 0.858. The van der Waals surface area contributed by atoms with Crippen molar-refractivity contribution in [1.29, 1.82) is 0 Å². The van der Waals surface area contributed by atoms with Crippen molar-refractivity contribution in [3.05, 3.63) is 44.7 Å². The molecule has 1 atom stereocenters. The summed E-state index contributed by atoms with van der Waals surface area (Å²) >= 11 is 6.73. The summed E-state index contributed by atoms with van der Waals surface area (Å²) in [6.07, 6.45) is 0.578. The van der Waals surface area contributed by atoms with Gasteiger partial charge in [0.2, 0.25) is 0 Å². The molecule has 102 valence electrons. The van der Waals surface area contributed by atoms with Gasteiger partial charge in [0.25, 0.3) is 0 Å². The number of hydrogen-bond acceptors (Lipinski definition) is 4. The molecule has 6 heteroatoms. The molecule has 1 unspecified atom stereocenters. The molecule has 0 amide bonds. The van der Waals surface area contributed by atoms with Gasteiger partial charge in [-0.15, -0.1) is 0 Å². The number of aliphatic hydroxyl groups is 1. The first-order valence-corrected chi connectivity index (χ1v) is 7.00. The summed E-state index contributed by atoms with van der Waals surface area (Å²) in [7, 11) is 3.10. The Kier molecular flexibility index (Phi) is 4.54.